The molecule has 5 heteroatoms. The highest BCUT2D eigenvalue weighted by Crippen LogP contribution is 2.10. The van der Waals surface area contributed by atoms with Crippen LogP contribution in [0.25, 0.3) is 5.69 Å². The summed E-state index contributed by atoms with van der Waals surface area (Å²) < 4.78 is 2.40. The minimum atomic E-state index is -0.445. The Morgan fingerprint density at radius 1 is 1.28 bits per heavy atom. The molecule has 1 aromatic heterocycles. The van der Waals surface area contributed by atoms with Crippen LogP contribution in [-0.4, -0.2) is 14.3 Å². The van der Waals surface area contributed by atoms with Gasteiger partial charge in [-0.25, -0.2) is 23.9 Å². The van der Waals surface area contributed by atoms with Gasteiger partial charge in [0.25, 0.3) is 0 Å². The van der Waals surface area contributed by atoms with E-state index in [1.807, 2.05) is 19.9 Å². The molecule has 0 saturated heterocycles. The number of H-pyrrole nitrogens is 1. The molecule has 0 bridgehead atoms. The van der Waals surface area contributed by atoms with Crippen LogP contribution in [0.1, 0.15) is 19.9 Å². The molecule has 0 spiro atoms. The maximum absolute atomic E-state index is 12.2. The fourth-order valence-corrected chi connectivity index (χ4v) is 1.68. The Labute approximate surface area is 104 Å². The second-order valence-electron chi connectivity index (χ2n) is 4.26. The normalized spacial score (nSPS) is 12.3. The molecule has 0 aliphatic heterocycles. The lowest BCUT2D eigenvalue weighted by atomic mass is 10.2. The standard InChI is InChI=1S/C13H15N3O2/c1-9(2)10(3)16-13(18)15(12(17)14-16)11-7-5-4-6-8-11/h4-8,10H,1H2,2-3H3,(H,14,17)/t10-/m1/s1. The maximum atomic E-state index is 12.2. The third-order valence-corrected chi connectivity index (χ3v) is 2.93. The molecule has 1 atom stereocenters. The lowest BCUT2D eigenvalue weighted by molar-refractivity contribution is 0.531. The van der Waals surface area contributed by atoms with Crippen LogP contribution in [-0.2, 0) is 0 Å². The predicted octanol–water partition coefficient (Wildman–Crippen LogP) is 1.46. The van der Waals surface area contributed by atoms with E-state index in [0.29, 0.717) is 5.69 Å². The van der Waals surface area contributed by atoms with Crippen molar-refractivity contribution in [3.63, 3.8) is 0 Å². The zero-order valence-electron chi connectivity index (χ0n) is 10.4. The van der Waals surface area contributed by atoms with Crippen molar-refractivity contribution in [2.75, 3.05) is 0 Å². The maximum Gasteiger partial charge on any atom is 0.352 e. The van der Waals surface area contributed by atoms with Gasteiger partial charge in [0, 0.05) is 0 Å². The Kier molecular flexibility index (Phi) is 3.06. The number of nitrogens with one attached hydrogen (secondary N) is 1. The first-order chi connectivity index (χ1) is 8.52. The summed E-state index contributed by atoms with van der Waals surface area (Å²) in [7, 11) is 0. The minimum Gasteiger partial charge on any atom is -0.246 e. The van der Waals surface area contributed by atoms with E-state index in [2.05, 4.69) is 11.7 Å². The van der Waals surface area contributed by atoms with Crippen molar-refractivity contribution in [1.82, 2.24) is 14.3 Å². The highest BCUT2D eigenvalue weighted by atomic mass is 16.2. The van der Waals surface area contributed by atoms with Gasteiger partial charge in [-0.3, -0.25) is 0 Å². The molecule has 1 aromatic carbocycles. The Balaban J connectivity index is 2.63. The van der Waals surface area contributed by atoms with Crippen molar-refractivity contribution in [3.05, 3.63) is 63.5 Å². The molecule has 0 unspecified atom stereocenters. The molecular weight excluding hydrogens is 230 g/mol. The van der Waals surface area contributed by atoms with Crippen molar-refractivity contribution in [2.24, 2.45) is 0 Å². The largest absolute Gasteiger partial charge is 0.352 e. The average molecular weight is 245 g/mol. The number of benzene rings is 1. The number of hydrogen-bond donors (Lipinski definition) is 1. The number of nitrogens with zero attached hydrogens (tertiary/aromatic N) is 2. The molecule has 2 aromatic rings. The molecule has 0 radical (unpaired) electrons. The van der Waals surface area contributed by atoms with Crippen molar-refractivity contribution in [3.8, 4) is 5.69 Å². The van der Waals surface area contributed by atoms with Crippen LogP contribution in [0.4, 0.5) is 0 Å². The van der Waals surface area contributed by atoms with Crippen LogP contribution in [0.3, 0.4) is 0 Å². The molecule has 0 aliphatic carbocycles. The van der Waals surface area contributed by atoms with Gasteiger partial charge in [0.05, 0.1) is 11.7 Å². The molecule has 0 aliphatic rings. The SMILES string of the molecule is C=C(C)[C@@H](C)n1[nH]c(=O)n(-c2ccccc2)c1=O. The summed E-state index contributed by atoms with van der Waals surface area (Å²) >= 11 is 0. The van der Waals surface area contributed by atoms with Crippen LogP contribution in [0.15, 0.2) is 52.1 Å². The first kappa shape index (κ1) is 12.2. The second-order valence-corrected chi connectivity index (χ2v) is 4.26. The van der Waals surface area contributed by atoms with Gasteiger partial charge in [-0.15, -0.1) is 0 Å². The van der Waals surface area contributed by atoms with Gasteiger partial charge in [0.2, 0.25) is 0 Å². The van der Waals surface area contributed by atoms with Gasteiger partial charge in [-0.1, -0.05) is 30.4 Å². The fourth-order valence-electron chi connectivity index (χ4n) is 1.68. The van der Waals surface area contributed by atoms with E-state index in [1.165, 1.54) is 4.68 Å². The van der Waals surface area contributed by atoms with Gasteiger partial charge in [0.1, 0.15) is 0 Å². The van der Waals surface area contributed by atoms with E-state index in [9.17, 15) is 9.59 Å². The van der Waals surface area contributed by atoms with Crippen LogP contribution in [0.2, 0.25) is 0 Å². The van der Waals surface area contributed by atoms with E-state index in [1.54, 1.807) is 24.3 Å². The van der Waals surface area contributed by atoms with Crippen LogP contribution in [0.5, 0.6) is 0 Å². The Morgan fingerprint density at radius 3 is 2.44 bits per heavy atom. The highest BCUT2D eigenvalue weighted by molar-refractivity contribution is 5.30. The van der Waals surface area contributed by atoms with Gasteiger partial charge in [0.15, 0.2) is 0 Å². The Morgan fingerprint density at radius 2 is 1.89 bits per heavy atom. The summed E-state index contributed by atoms with van der Waals surface area (Å²) in [4.78, 5) is 24.0. The topological polar surface area (TPSA) is 59.8 Å². The monoisotopic (exact) mass is 245 g/mol. The highest BCUT2D eigenvalue weighted by Gasteiger charge is 2.15. The van der Waals surface area contributed by atoms with Gasteiger partial charge < -0.3 is 0 Å². The van der Waals surface area contributed by atoms with Crippen molar-refractivity contribution < 1.29 is 0 Å². The summed E-state index contributed by atoms with van der Waals surface area (Å²) in [5.41, 5.74) is 0.524. The molecule has 5 nitrogen and oxygen atoms in total. The van der Waals surface area contributed by atoms with E-state index in [-0.39, 0.29) is 11.7 Å². The number of allylic oxidation sites excluding steroid dienone is 1. The quantitative estimate of drug-likeness (QED) is 0.832. The van der Waals surface area contributed by atoms with E-state index in [0.717, 1.165) is 10.1 Å². The molecule has 0 fully saturated rings. The van der Waals surface area contributed by atoms with E-state index in [4.69, 9.17) is 0 Å². The Hall–Kier alpha value is -2.30. The molecule has 1 N–H and O–H groups in total. The van der Waals surface area contributed by atoms with E-state index >= 15 is 0 Å². The third kappa shape index (κ3) is 1.95. The lowest BCUT2D eigenvalue weighted by Gasteiger charge is -2.10. The smallest absolute Gasteiger partial charge is 0.246 e. The molecule has 2 rings (SSSR count). The summed E-state index contributed by atoms with van der Waals surface area (Å²) in [6.45, 7) is 7.42. The zero-order valence-corrected chi connectivity index (χ0v) is 10.4. The second kappa shape index (κ2) is 4.52. The van der Waals surface area contributed by atoms with Gasteiger partial charge in [-0.05, 0) is 26.0 Å². The summed E-state index contributed by atoms with van der Waals surface area (Å²) in [6.07, 6.45) is 0. The van der Waals surface area contributed by atoms with Gasteiger partial charge >= 0.3 is 11.4 Å². The number of hydrogen-bond acceptors (Lipinski definition) is 2. The minimum absolute atomic E-state index is 0.241. The molecular formula is C13H15N3O2. The molecule has 94 valence electrons. The van der Waals surface area contributed by atoms with E-state index < -0.39 is 5.69 Å². The summed E-state index contributed by atoms with van der Waals surface area (Å²) in [5, 5.41) is 2.54. The van der Waals surface area contributed by atoms with Crippen LogP contribution >= 0.6 is 0 Å². The first-order valence-corrected chi connectivity index (χ1v) is 5.66. The third-order valence-electron chi connectivity index (χ3n) is 2.93. The van der Waals surface area contributed by atoms with Crippen LogP contribution in [0, 0.1) is 0 Å². The number of para-hydroxylation sites is 1. The van der Waals surface area contributed by atoms with Crippen molar-refractivity contribution >= 4 is 0 Å². The van der Waals surface area contributed by atoms with Crippen molar-refractivity contribution in [1.29, 1.82) is 0 Å². The molecule has 18 heavy (non-hydrogen) atoms. The number of aromatic nitrogens is 3. The van der Waals surface area contributed by atoms with Crippen LogP contribution < -0.4 is 11.4 Å². The average Bonchev–Trinajstić information content (AvgIpc) is 2.65. The first-order valence-electron chi connectivity index (χ1n) is 5.66. The van der Waals surface area contributed by atoms with Crippen molar-refractivity contribution in [2.45, 2.75) is 19.9 Å². The number of aromatic amines is 1. The fraction of sp³-hybridized carbons (Fsp3) is 0.231. The predicted molar refractivity (Wildman–Crippen MR) is 70.2 cm³/mol. The molecule has 0 amide bonds. The number of rotatable bonds is 3. The Bertz CT molecular complexity index is 676. The molecule has 0 saturated carbocycles. The van der Waals surface area contributed by atoms with Gasteiger partial charge in [-0.2, -0.15) is 0 Å². The summed E-state index contributed by atoms with van der Waals surface area (Å²) in [5.74, 6) is 0. The molecule has 1 heterocycles. The zero-order chi connectivity index (χ0) is 13.3. The lowest BCUT2D eigenvalue weighted by Crippen LogP contribution is -2.28. The summed E-state index contributed by atoms with van der Waals surface area (Å²) in [6, 6.07) is 8.58.